The molecule has 0 saturated carbocycles. The summed E-state index contributed by atoms with van der Waals surface area (Å²) in [5.74, 6) is 0.455. The number of thiocarbonyl (C=S) groups is 1. The predicted molar refractivity (Wildman–Crippen MR) is 132 cm³/mol. The van der Waals surface area contributed by atoms with E-state index in [0.29, 0.717) is 33.8 Å². The van der Waals surface area contributed by atoms with Crippen molar-refractivity contribution in [2.75, 3.05) is 5.32 Å². The van der Waals surface area contributed by atoms with Crippen molar-refractivity contribution in [2.24, 2.45) is 0 Å². The Balaban J connectivity index is 1.63. The molecule has 1 amide bonds. The SMILES string of the molecule is CC1=C(C(=O)Nc2ccccc2)C(c2ccccc2OCc2ccc(Cl)cc2)NC(=S)N1. The zero-order chi connectivity index (χ0) is 22.5. The maximum absolute atomic E-state index is 13.2. The molecule has 3 aromatic carbocycles. The molecule has 162 valence electrons. The molecule has 0 bridgehead atoms. The second-order valence-corrected chi connectivity index (χ2v) is 8.19. The Morgan fingerprint density at radius 2 is 1.72 bits per heavy atom. The minimum atomic E-state index is -0.464. The molecule has 1 unspecified atom stereocenters. The highest BCUT2D eigenvalue weighted by atomic mass is 35.5. The van der Waals surface area contributed by atoms with Crippen molar-refractivity contribution >= 4 is 40.5 Å². The molecule has 1 aliphatic heterocycles. The van der Waals surface area contributed by atoms with Crippen molar-refractivity contribution in [1.29, 1.82) is 0 Å². The number of nitrogens with one attached hydrogen (secondary N) is 3. The van der Waals surface area contributed by atoms with Crippen LogP contribution in [0.4, 0.5) is 5.69 Å². The van der Waals surface area contributed by atoms with Gasteiger partial charge < -0.3 is 20.7 Å². The number of amides is 1. The lowest BCUT2D eigenvalue weighted by atomic mass is 9.94. The average Bonchev–Trinajstić information content (AvgIpc) is 2.79. The van der Waals surface area contributed by atoms with E-state index < -0.39 is 6.04 Å². The maximum atomic E-state index is 13.2. The number of anilines is 1. The molecular formula is C25H22ClN3O2S. The van der Waals surface area contributed by atoms with E-state index in [2.05, 4.69) is 16.0 Å². The Morgan fingerprint density at radius 3 is 2.47 bits per heavy atom. The number of ether oxygens (including phenoxy) is 1. The van der Waals surface area contributed by atoms with Crippen LogP contribution in [-0.2, 0) is 11.4 Å². The number of benzene rings is 3. The highest BCUT2D eigenvalue weighted by Crippen LogP contribution is 2.34. The molecule has 0 aliphatic carbocycles. The number of para-hydroxylation sites is 2. The van der Waals surface area contributed by atoms with Crippen molar-refractivity contribution in [1.82, 2.24) is 10.6 Å². The molecule has 3 aromatic rings. The highest BCUT2D eigenvalue weighted by Gasteiger charge is 2.31. The van der Waals surface area contributed by atoms with Gasteiger partial charge in [0.1, 0.15) is 12.4 Å². The van der Waals surface area contributed by atoms with Gasteiger partial charge in [0.15, 0.2) is 5.11 Å². The number of hydrogen-bond acceptors (Lipinski definition) is 3. The van der Waals surface area contributed by atoms with Crippen LogP contribution in [-0.4, -0.2) is 11.0 Å². The van der Waals surface area contributed by atoms with E-state index in [-0.39, 0.29) is 5.91 Å². The summed E-state index contributed by atoms with van der Waals surface area (Å²) in [6.45, 7) is 2.22. The first kappa shape index (κ1) is 21.9. The van der Waals surface area contributed by atoms with Crippen molar-refractivity contribution < 1.29 is 9.53 Å². The van der Waals surface area contributed by atoms with E-state index in [1.165, 1.54) is 0 Å². The Morgan fingerprint density at radius 1 is 1.03 bits per heavy atom. The van der Waals surface area contributed by atoms with Gasteiger partial charge in [-0.15, -0.1) is 0 Å². The van der Waals surface area contributed by atoms with Crippen molar-refractivity contribution in [3.05, 3.63) is 106 Å². The fourth-order valence-corrected chi connectivity index (χ4v) is 3.94. The van der Waals surface area contributed by atoms with Gasteiger partial charge in [-0.3, -0.25) is 4.79 Å². The van der Waals surface area contributed by atoms with Crippen LogP contribution >= 0.6 is 23.8 Å². The fraction of sp³-hybridized carbons (Fsp3) is 0.120. The van der Waals surface area contributed by atoms with E-state index in [9.17, 15) is 4.79 Å². The molecule has 3 N–H and O–H groups in total. The highest BCUT2D eigenvalue weighted by molar-refractivity contribution is 7.80. The van der Waals surface area contributed by atoms with Crippen LogP contribution in [0.5, 0.6) is 5.75 Å². The summed E-state index contributed by atoms with van der Waals surface area (Å²) < 4.78 is 6.13. The number of carbonyl (C=O) groups excluding carboxylic acids is 1. The number of rotatable bonds is 6. The van der Waals surface area contributed by atoms with E-state index >= 15 is 0 Å². The first-order chi connectivity index (χ1) is 15.5. The summed E-state index contributed by atoms with van der Waals surface area (Å²) in [7, 11) is 0. The Labute approximate surface area is 197 Å². The Bertz CT molecular complexity index is 1160. The van der Waals surface area contributed by atoms with Crippen LogP contribution < -0.4 is 20.7 Å². The molecule has 1 atom stereocenters. The third-order valence-corrected chi connectivity index (χ3v) is 5.55. The van der Waals surface area contributed by atoms with Crippen LogP contribution in [0.1, 0.15) is 24.1 Å². The quantitative estimate of drug-likeness (QED) is 0.430. The largest absolute Gasteiger partial charge is 0.489 e. The predicted octanol–water partition coefficient (Wildman–Crippen LogP) is 5.35. The molecule has 1 aliphatic rings. The Kier molecular flexibility index (Phi) is 6.73. The summed E-state index contributed by atoms with van der Waals surface area (Å²) in [4.78, 5) is 13.2. The summed E-state index contributed by atoms with van der Waals surface area (Å²) in [5.41, 5.74) is 3.77. The second kappa shape index (κ2) is 9.85. The van der Waals surface area contributed by atoms with Crippen LogP contribution in [0, 0.1) is 0 Å². The Hall–Kier alpha value is -3.35. The molecule has 5 nitrogen and oxygen atoms in total. The van der Waals surface area contributed by atoms with Crippen LogP contribution in [0.2, 0.25) is 5.02 Å². The summed E-state index contributed by atoms with van der Waals surface area (Å²) >= 11 is 11.4. The van der Waals surface area contributed by atoms with Crippen LogP contribution in [0.3, 0.4) is 0 Å². The van der Waals surface area contributed by atoms with E-state index in [1.54, 1.807) is 0 Å². The molecule has 7 heteroatoms. The van der Waals surface area contributed by atoms with Crippen molar-refractivity contribution in [3.8, 4) is 5.75 Å². The number of halogens is 1. The van der Waals surface area contributed by atoms with Crippen LogP contribution in [0.15, 0.2) is 90.1 Å². The summed E-state index contributed by atoms with van der Waals surface area (Å²) in [6.07, 6.45) is 0. The second-order valence-electron chi connectivity index (χ2n) is 7.34. The molecule has 4 rings (SSSR count). The van der Waals surface area contributed by atoms with Gasteiger partial charge in [0, 0.05) is 22.0 Å². The third-order valence-electron chi connectivity index (χ3n) is 5.08. The van der Waals surface area contributed by atoms with Gasteiger partial charge in [-0.25, -0.2) is 0 Å². The molecular weight excluding hydrogens is 442 g/mol. The molecule has 32 heavy (non-hydrogen) atoms. The fourth-order valence-electron chi connectivity index (χ4n) is 3.54. The standard InChI is InChI=1S/C25H22ClN3O2S/c1-16-22(24(30)28-19-7-3-2-4-8-19)23(29-25(32)27-16)20-9-5-6-10-21(20)31-15-17-11-13-18(26)14-12-17/h2-14,23H,15H2,1H3,(H,28,30)(H2,27,29,32). The van der Waals surface area contributed by atoms with Gasteiger partial charge in [0.2, 0.25) is 0 Å². The first-order valence-corrected chi connectivity index (χ1v) is 10.9. The van der Waals surface area contributed by atoms with Crippen molar-refractivity contribution in [2.45, 2.75) is 19.6 Å². The van der Waals surface area contributed by atoms with Gasteiger partial charge in [-0.05, 0) is 55.0 Å². The zero-order valence-electron chi connectivity index (χ0n) is 17.4. The lowest BCUT2D eigenvalue weighted by molar-refractivity contribution is -0.113. The minimum absolute atomic E-state index is 0.214. The molecule has 0 radical (unpaired) electrons. The summed E-state index contributed by atoms with van der Waals surface area (Å²) in [6, 6.07) is 24.0. The minimum Gasteiger partial charge on any atom is -0.489 e. The van der Waals surface area contributed by atoms with Gasteiger partial charge in [0.05, 0.1) is 11.6 Å². The maximum Gasteiger partial charge on any atom is 0.255 e. The van der Waals surface area contributed by atoms with E-state index in [1.807, 2.05) is 85.8 Å². The molecule has 0 spiro atoms. The monoisotopic (exact) mass is 463 g/mol. The summed E-state index contributed by atoms with van der Waals surface area (Å²) in [5, 5.41) is 10.4. The number of allylic oxidation sites excluding steroid dienone is 1. The van der Waals surface area contributed by atoms with Crippen LogP contribution in [0.25, 0.3) is 0 Å². The lowest BCUT2D eigenvalue weighted by Gasteiger charge is -2.31. The first-order valence-electron chi connectivity index (χ1n) is 10.1. The van der Waals surface area contributed by atoms with Gasteiger partial charge in [0.25, 0.3) is 5.91 Å². The molecule has 1 heterocycles. The average molecular weight is 464 g/mol. The topological polar surface area (TPSA) is 62.4 Å². The molecule has 0 fully saturated rings. The van der Waals surface area contributed by atoms with Gasteiger partial charge >= 0.3 is 0 Å². The van der Waals surface area contributed by atoms with Gasteiger partial charge in [-0.1, -0.05) is 60.1 Å². The normalized spacial score (nSPS) is 15.6. The molecule has 0 aromatic heterocycles. The smallest absolute Gasteiger partial charge is 0.255 e. The number of hydrogen-bond donors (Lipinski definition) is 3. The van der Waals surface area contributed by atoms with Crippen molar-refractivity contribution in [3.63, 3.8) is 0 Å². The number of carbonyl (C=O) groups is 1. The molecule has 0 saturated heterocycles. The van der Waals surface area contributed by atoms with E-state index in [4.69, 9.17) is 28.6 Å². The third kappa shape index (κ3) is 5.10. The zero-order valence-corrected chi connectivity index (χ0v) is 19.0. The van der Waals surface area contributed by atoms with E-state index in [0.717, 1.165) is 16.8 Å². The van der Waals surface area contributed by atoms with Gasteiger partial charge in [-0.2, -0.15) is 0 Å². The lowest BCUT2D eigenvalue weighted by Crippen LogP contribution is -2.45.